The van der Waals surface area contributed by atoms with Gasteiger partial charge in [0.2, 0.25) is 5.89 Å². The average Bonchev–Trinajstić information content (AvgIpc) is 3.32. The van der Waals surface area contributed by atoms with Crippen LogP contribution >= 0.6 is 34.4 Å². The predicted molar refractivity (Wildman–Crippen MR) is 99.8 cm³/mol. The van der Waals surface area contributed by atoms with Gasteiger partial charge < -0.3 is 4.42 Å². The molecule has 4 rings (SSSR count). The van der Waals surface area contributed by atoms with Gasteiger partial charge in [0.1, 0.15) is 5.01 Å². The van der Waals surface area contributed by atoms with E-state index in [0.717, 1.165) is 10.7 Å². The average molecular weight is 414 g/mol. The highest BCUT2D eigenvalue weighted by atomic mass is 32.2. The summed E-state index contributed by atoms with van der Waals surface area (Å²) < 4.78 is 28.7. The van der Waals surface area contributed by atoms with E-state index in [-0.39, 0.29) is 17.4 Å². The summed E-state index contributed by atoms with van der Waals surface area (Å²) in [4.78, 5) is 5.80. The second-order valence-electron chi connectivity index (χ2n) is 5.84. The maximum absolute atomic E-state index is 11.5. The van der Waals surface area contributed by atoms with Crippen LogP contribution in [0.1, 0.15) is 18.0 Å². The first-order valence-corrected chi connectivity index (χ1v) is 12.3. The molecule has 0 bridgehead atoms. The zero-order valence-corrected chi connectivity index (χ0v) is 16.4. The molecule has 0 radical (unpaired) electrons. The normalized spacial score (nSPS) is 19.4. The number of thiazole rings is 1. The van der Waals surface area contributed by atoms with Crippen LogP contribution in [0.3, 0.4) is 0 Å². The van der Waals surface area contributed by atoms with Crippen molar-refractivity contribution in [2.45, 2.75) is 23.8 Å². The van der Waals surface area contributed by atoms with Crippen molar-refractivity contribution in [3.05, 3.63) is 34.5 Å². The van der Waals surface area contributed by atoms with Crippen LogP contribution in [0.5, 0.6) is 0 Å². The summed E-state index contributed by atoms with van der Waals surface area (Å²) in [6.45, 7) is 0. The summed E-state index contributed by atoms with van der Waals surface area (Å²) in [6.07, 6.45) is 1.21. The molecule has 1 saturated heterocycles. The van der Waals surface area contributed by atoms with E-state index in [1.54, 1.807) is 22.7 Å². The first kappa shape index (κ1) is 17.2. The maximum Gasteiger partial charge on any atom is 0.276 e. The quantitative estimate of drug-likeness (QED) is 0.571. The van der Waals surface area contributed by atoms with E-state index in [9.17, 15) is 8.42 Å². The molecular weight excluding hydrogens is 398 g/mol. The van der Waals surface area contributed by atoms with Crippen LogP contribution in [-0.4, -0.2) is 35.1 Å². The lowest BCUT2D eigenvalue weighted by atomic mass is 10.1. The minimum absolute atomic E-state index is 0.0928. The van der Waals surface area contributed by atoms with E-state index in [0.29, 0.717) is 29.7 Å². The molecular formula is C15H15N3O3S4. The van der Waals surface area contributed by atoms with E-state index >= 15 is 0 Å². The molecule has 1 fully saturated rings. The van der Waals surface area contributed by atoms with Gasteiger partial charge >= 0.3 is 0 Å². The third-order valence-electron chi connectivity index (χ3n) is 3.87. The minimum atomic E-state index is -2.87. The Kier molecular flexibility index (Phi) is 4.94. The van der Waals surface area contributed by atoms with Crippen molar-refractivity contribution in [2.24, 2.45) is 5.92 Å². The fraction of sp³-hybridized carbons (Fsp3) is 0.400. The fourth-order valence-electron chi connectivity index (χ4n) is 2.68. The number of hydrogen-bond donors (Lipinski definition) is 0. The molecule has 3 aromatic heterocycles. The largest absolute Gasteiger partial charge is 0.416 e. The van der Waals surface area contributed by atoms with Crippen molar-refractivity contribution >= 4 is 44.3 Å². The lowest BCUT2D eigenvalue weighted by Crippen LogP contribution is -2.07. The lowest BCUT2D eigenvalue weighted by molar-refractivity contribution is 0.389. The summed E-state index contributed by atoms with van der Waals surface area (Å²) in [5.74, 6) is 1.77. The third-order valence-corrected chi connectivity index (χ3v) is 8.48. The lowest BCUT2D eigenvalue weighted by Gasteiger charge is -2.01. The van der Waals surface area contributed by atoms with Gasteiger partial charge in [-0.3, -0.25) is 0 Å². The molecule has 1 atom stereocenters. The first-order valence-electron chi connectivity index (χ1n) is 7.71. The van der Waals surface area contributed by atoms with Crippen LogP contribution in [0.4, 0.5) is 0 Å². The first-order chi connectivity index (χ1) is 12.1. The van der Waals surface area contributed by atoms with Crippen molar-refractivity contribution in [2.75, 3.05) is 11.5 Å². The van der Waals surface area contributed by atoms with E-state index in [4.69, 9.17) is 4.42 Å². The highest BCUT2D eigenvalue weighted by Crippen LogP contribution is 2.30. The SMILES string of the molecule is O=S1(=O)CC[C@@H](Cc2nnc(SCc3csc(-c4cccs4)n3)o2)C1. The molecule has 0 aromatic carbocycles. The van der Waals surface area contributed by atoms with Gasteiger partial charge in [-0.15, -0.1) is 32.9 Å². The number of thioether (sulfide) groups is 1. The fourth-order valence-corrected chi connectivity index (χ4v) is 6.96. The summed E-state index contributed by atoms with van der Waals surface area (Å²) in [6, 6.07) is 4.08. The predicted octanol–water partition coefficient (Wildman–Crippen LogP) is 3.52. The molecule has 3 aromatic rings. The molecule has 4 heterocycles. The van der Waals surface area contributed by atoms with Crippen LogP contribution in [0.25, 0.3) is 9.88 Å². The Morgan fingerprint density at radius 3 is 3.00 bits per heavy atom. The molecule has 0 saturated carbocycles. The van der Waals surface area contributed by atoms with Gasteiger partial charge in [-0.2, -0.15) is 0 Å². The van der Waals surface area contributed by atoms with Gasteiger partial charge in [-0.25, -0.2) is 13.4 Å². The highest BCUT2D eigenvalue weighted by molar-refractivity contribution is 7.98. The van der Waals surface area contributed by atoms with Gasteiger partial charge in [0.05, 0.1) is 22.1 Å². The molecule has 1 aliphatic rings. The monoisotopic (exact) mass is 413 g/mol. The van der Waals surface area contributed by atoms with Gasteiger partial charge in [-0.05, 0) is 23.8 Å². The van der Waals surface area contributed by atoms with Crippen LogP contribution in [0, 0.1) is 5.92 Å². The smallest absolute Gasteiger partial charge is 0.276 e. The van der Waals surface area contributed by atoms with Gasteiger partial charge in [0.25, 0.3) is 5.22 Å². The number of sulfone groups is 1. The second-order valence-corrected chi connectivity index (χ2v) is 10.8. The number of aromatic nitrogens is 3. The molecule has 1 aliphatic heterocycles. The summed E-state index contributed by atoms with van der Waals surface area (Å²) in [5, 5.41) is 13.7. The molecule has 0 N–H and O–H groups in total. The number of hydrogen-bond acceptors (Lipinski definition) is 9. The van der Waals surface area contributed by atoms with Crippen molar-refractivity contribution in [1.29, 1.82) is 0 Å². The molecule has 0 aliphatic carbocycles. The molecule has 0 spiro atoms. The summed E-state index contributed by atoms with van der Waals surface area (Å²) >= 11 is 4.76. The zero-order chi connectivity index (χ0) is 17.3. The molecule has 10 heteroatoms. The Balaban J connectivity index is 1.33. The second kappa shape index (κ2) is 7.18. The van der Waals surface area contributed by atoms with E-state index in [2.05, 4.69) is 21.2 Å². The van der Waals surface area contributed by atoms with Gasteiger partial charge in [-0.1, -0.05) is 17.8 Å². The highest BCUT2D eigenvalue weighted by Gasteiger charge is 2.29. The Morgan fingerprint density at radius 1 is 1.32 bits per heavy atom. The van der Waals surface area contributed by atoms with Crippen LogP contribution < -0.4 is 0 Å². The molecule has 132 valence electrons. The van der Waals surface area contributed by atoms with Crippen LogP contribution in [0.15, 0.2) is 32.5 Å². The third kappa shape index (κ3) is 4.30. The Bertz CT molecular complexity index is 947. The van der Waals surface area contributed by atoms with E-state index in [1.165, 1.54) is 16.6 Å². The standard InChI is InChI=1S/C15H15N3O3S4/c19-25(20)5-3-10(9-25)6-13-17-18-15(21-13)24-8-11-7-23-14(16-11)12-2-1-4-22-12/h1-2,4,7,10H,3,5-6,8-9H2/t10-/m0/s1. The van der Waals surface area contributed by atoms with Gasteiger partial charge in [0.15, 0.2) is 9.84 Å². The number of rotatable bonds is 6. The van der Waals surface area contributed by atoms with Crippen LogP contribution in [-0.2, 0) is 22.0 Å². The molecule has 0 unspecified atom stereocenters. The Labute approximate surface area is 157 Å². The van der Waals surface area contributed by atoms with Crippen molar-refractivity contribution in [1.82, 2.24) is 15.2 Å². The number of nitrogens with zero attached hydrogens (tertiary/aromatic N) is 3. The van der Waals surface area contributed by atoms with Crippen LogP contribution in [0.2, 0.25) is 0 Å². The van der Waals surface area contributed by atoms with Gasteiger partial charge in [0, 0.05) is 17.6 Å². The minimum Gasteiger partial charge on any atom is -0.416 e. The summed E-state index contributed by atoms with van der Waals surface area (Å²) in [7, 11) is -2.87. The Morgan fingerprint density at radius 2 is 2.24 bits per heavy atom. The van der Waals surface area contributed by atoms with Crippen molar-refractivity contribution < 1.29 is 12.8 Å². The Hall–Kier alpha value is -1.23. The van der Waals surface area contributed by atoms with Crippen molar-refractivity contribution in [3.8, 4) is 9.88 Å². The zero-order valence-electron chi connectivity index (χ0n) is 13.1. The topological polar surface area (TPSA) is 86.0 Å². The maximum atomic E-state index is 11.5. The number of thiophene rings is 1. The molecule has 0 amide bonds. The van der Waals surface area contributed by atoms with E-state index in [1.807, 2.05) is 16.8 Å². The molecule has 6 nitrogen and oxygen atoms in total. The summed E-state index contributed by atoms with van der Waals surface area (Å²) in [5.41, 5.74) is 0.986. The van der Waals surface area contributed by atoms with Crippen molar-refractivity contribution in [3.63, 3.8) is 0 Å². The van der Waals surface area contributed by atoms with E-state index < -0.39 is 9.84 Å². The molecule has 25 heavy (non-hydrogen) atoms.